The van der Waals surface area contributed by atoms with Gasteiger partial charge in [-0.1, -0.05) is 17.7 Å². The average molecular weight is 363 g/mol. The average Bonchev–Trinajstić information content (AvgIpc) is 2.80. The maximum atomic E-state index is 13.7. The maximum absolute atomic E-state index is 13.7. The van der Waals surface area contributed by atoms with Crippen molar-refractivity contribution in [2.75, 3.05) is 19.6 Å². The van der Waals surface area contributed by atoms with Crippen molar-refractivity contribution in [3.8, 4) is 0 Å². The Labute approximate surface area is 153 Å². The first kappa shape index (κ1) is 17.0. The predicted octanol–water partition coefficient (Wildman–Crippen LogP) is 3.61. The molecule has 4 nitrogen and oxygen atoms in total. The molecule has 2 atom stereocenters. The monoisotopic (exact) mass is 362 g/mol. The zero-order valence-corrected chi connectivity index (χ0v) is 15.3. The second kappa shape index (κ2) is 7.06. The minimum absolute atomic E-state index is 0.196. The molecule has 1 N–H and O–H groups in total. The van der Waals surface area contributed by atoms with Crippen LogP contribution in [0.4, 0.5) is 4.39 Å². The number of nitrogens with zero attached hydrogens (tertiary/aromatic N) is 3. The summed E-state index contributed by atoms with van der Waals surface area (Å²) in [5, 5.41) is 0.196. The van der Waals surface area contributed by atoms with E-state index in [-0.39, 0.29) is 10.8 Å². The molecule has 0 amide bonds. The summed E-state index contributed by atoms with van der Waals surface area (Å²) < 4.78 is 13.7. The number of piperidine rings is 1. The zero-order valence-electron chi connectivity index (χ0n) is 14.5. The largest absolute Gasteiger partial charge is 0.348 e. The summed E-state index contributed by atoms with van der Waals surface area (Å²) in [4.78, 5) is 12.7. The van der Waals surface area contributed by atoms with E-state index in [4.69, 9.17) is 11.6 Å². The van der Waals surface area contributed by atoms with Gasteiger partial charge in [-0.05, 0) is 43.4 Å². The van der Waals surface area contributed by atoms with Crippen molar-refractivity contribution in [3.63, 3.8) is 0 Å². The van der Waals surface area contributed by atoms with Crippen LogP contribution in [0.1, 0.15) is 29.8 Å². The van der Waals surface area contributed by atoms with Crippen LogP contribution in [0, 0.1) is 18.7 Å². The number of imidazole rings is 1. The first-order chi connectivity index (χ1) is 12.1. The number of aromatic amines is 1. The fraction of sp³-hybridized carbons (Fsp3) is 0.526. The Bertz CT molecular complexity index is 747. The lowest BCUT2D eigenvalue weighted by Crippen LogP contribution is -2.43. The van der Waals surface area contributed by atoms with Crippen molar-refractivity contribution in [2.45, 2.75) is 38.9 Å². The van der Waals surface area contributed by atoms with Crippen molar-refractivity contribution < 1.29 is 4.39 Å². The van der Waals surface area contributed by atoms with Gasteiger partial charge in [0.25, 0.3) is 0 Å². The Hall–Kier alpha value is -1.43. The highest BCUT2D eigenvalue weighted by molar-refractivity contribution is 6.30. The van der Waals surface area contributed by atoms with Crippen LogP contribution in [0.25, 0.3) is 0 Å². The van der Waals surface area contributed by atoms with E-state index in [2.05, 4.69) is 26.7 Å². The summed E-state index contributed by atoms with van der Waals surface area (Å²) in [6.45, 7) is 7.05. The van der Waals surface area contributed by atoms with Crippen molar-refractivity contribution in [3.05, 3.63) is 52.3 Å². The lowest BCUT2D eigenvalue weighted by atomic mass is 9.94. The van der Waals surface area contributed by atoms with E-state index >= 15 is 0 Å². The summed E-state index contributed by atoms with van der Waals surface area (Å²) in [6.07, 6.45) is 4.28. The van der Waals surface area contributed by atoms with Gasteiger partial charge in [0.2, 0.25) is 0 Å². The van der Waals surface area contributed by atoms with Gasteiger partial charge in [0.05, 0.1) is 17.0 Å². The smallest absolute Gasteiger partial charge is 0.142 e. The summed E-state index contributed by atoms with van der Waals surface area (Å²) in [5.74, 6) is 0.352. The molecule has 6 heteroatoms. The molecule has 0 saturated carbocycles. The van der Waals surface area contributed by atoms with Gasteiger partial charge in [-0.2, -0.15) is 0 Å². The number of H-pyrrole nitrogens is 1. The molecule has 0 aliphatic carbocycles. The Morgan fingerprint density at radius 1 is 1.24 bits per heavy atom. The van der Waals surface area contributed by atoms with Crippen LogP contribution < -0.4 is 0 Å². The van der Waals surface area contributed by atoms with Gasteiger partial charge in [0.15, 0.2) is 0 Å². The van der Waals surface area contributed by atoms with Crippen molar-refractivity contribution in [1.29, 1.82) is 0 Å². The van der Waals surface area contributed by atoms with E-state index in [1.54, 1.807) is 18.5 Å². The van der Waals surface area contributed by atoms with E-state index in [1.807, 2.05) is 6.07 Å². The van der Waals surface area contributed by atoms with Crippen LogP contribution in [-0.2, 0) is 13.1 Å². The van der Waals surface area contributed by atoms with Crippen LogP contribution in [0.3, 0.4) is 0 Å². The lowest BCUT2D eigenvalue weighted by molar-refractivity contribution is 0.123. The van der Waals surface area contributed by atoms with Gasteiger partial charge in [-0.15, -0.1) is 0 Å². The third kappa shape index (κ3) is 3.73. The molecular weight excluding hydrogens is 339 g/mol. The Morgan fingerprint density at radius 3 is 2.88 bits per heavy atom. The van der Waals surface area contributed by atoms with E-state index in [1.165, 1.54) is 12.8 Å². The minimum atomic E-state index is -0.324. The molecule has 1 aromatic heterocycles. The third-order valence-corrected chi connectivity index (χ3v) is 5.89. The number of hydrogen-bond acceptors (Lipinski definition) is 3. The Morgan fingerprint density at radius 2 is 2.12 bits per heavy atom. The number of hydrogen-bond donors (Lipinski definition) is 1. The SMILES string of the molecule is Cc1[nH]cnc1CN1C[C@H]2CC[C@@H](C1)N(Cc1ccc(Cl)c(F)c1)C2. The molecule has 5 rings (SSSR count). The van der Waals surface area contributed by atoms with E-state index in [0.29, 0.717) is 12.0 Å². The van der Waals surface area contributed by atoms with Gasteiger partial charge >= 0.3 is 0 Å². The second-order valence-electron chi connectivity index (χ2n) is 7.44. The Kier molecular flexibility index (Phi) is 4.80. The summed E-state index contributed by atoms with van der Waals surface area (Å²) in [7, 11) is 0. The molecule has 1 aromatic carbocycles. The number of aromatic nitrogens is 2. The molecule has 3 saturated heterocycles. The number of fused-ring (bicyclic) bond motifs is 4. The highest BCUT2D eigenvalue weighted by Crippen LogP contribution is 2.30. The minimum Gasteiger partial charge on any atom is -0.348 e. The molecule has 134 valence electrons. The molecule has 2 aromatic rings. The molecule has 0 radical (unpaired) electrons. The molecule has 25 heavy (non-hydrogen) atoms. The second-order valence-corrected chi connectivity index (χ2v) is 7.85. The quantitative estimate of drug-likeness (QED) is 0.902. The van der Waals surface area contributed by atoms with Crippen molar-refractivity contribution >= 4 is 11.6 Å². The lowest BCUT2D eigenvalue weighted by Gasteiger charge is -2.36. The standard InChI is InChI=1S/C19H24ClFN4/c1-13-19(23-12-22-13)11-24-7-15-2-4-16(10-24)25(9-15)8-14-3-5-17(20)18(21)6-14/h3,5-6,12,15-16H,2,4,7-11H2,1H3,(H,22,23)/t15-,16+/m1/s1. The van der Waals surface area contributed by atoms with E-state index < -0.39 is 0 Å². The fourth-order valence-corrected chi connectivity index (χ4v) is 4.35. The van der Waals surface area contributed by atoms with Crippen LogP contribution in [0.5, 0.6) is 0 Å². The number of rotatable bonds is 4. The van der Waals surface area contributed by atoms with Gasteiger partial charge in [0, 0.05) is 44.5 Å². The van der Waals surface area contributed by atoms with Crippen molar-refractivity contribution in [2.24, 2.45) is 5.92 Å². The number of benzene rings is 1. The van der Waals surface area contributed by atoms with Crippen molar-refractivity contribution in [1.82, 2.24) is 19.8 Å². The first-order valence-corrected chi connectivity index (χ1v) is 9.35. The molecule has 3 fully saturated rings. The number of halogens is 2. The zero-order chi connectivity index (χ0) is 17.4. The number of aryl methyl sites for hydroxylation is 1. The van der Waals surface area contributed by atoms with E-state index in [0.717, 1.165) is 49.7 Å². The topological polar surface area (TPSA) is 35.2 Å². The third-order valence-electron chi connectivity index (χ3n) is 5.58. The van der Waals surface area contributed by atoms with Gasteiger partial charge in [-0.25, -0.2) is 9.37 Å². The van der Waals surface area contributed by atoms with Gasteiger partial charge in [-0.3, -0.25) is 9.80 Å². The molecule has 0 unspecified atom stereocenters. The van der Waals surface area contributed by atoms with Crippen LogP contribution in [0.15, 0.2) is 24.5 Å². The fourth-order valence-electron chi connectivity index (χ4n) is 4.23. The molecule has 2 bridgehead atoms. The Balaban J connectivity index is 1.45. The maximum Gasteiger partial charge on any atom is 0.142 e. The summed E-state index contributed by atoms with van der Waals surface area (Å²) in [6, 6.07) is 5.70. The number of nitrogens with one attached hydrogen (secondary N) is 1. The van der Waals surface area contributed by atoms with Gasteiger partial charge < -0.3 is 4.98 Å². The molecular formula is C19H24ClFN4. The molecule has 4 heterocycles. The van der Waals surface area contributed by atoms with Gasteiger partial charge in [0.1, 0.15) is 5.82 Å². The van der Waals surface area contributed by atoms with Crippen LogP contribution in [-0.4, -0.2) is 45.4 Å². The highest BCUT2D eigenvalue weighted by Gasteiger charge is 2.34. The molecule has 0 spiro atoms. The summed E-state index contributed by atoms with van der Waals surface area (Å²) >= 11 is 5.81. The normalized spacial score (nSPS) is 24.6. The molecule has 3 aliphatic heterocycles. The predicted molar refractivity (Wildman–Crippen MR) is 96.9 cm³/mol. The summed E-state index contributed by atoms with van der Waals surface area (Å²) in [5.41, 5.74) is 3.31. The van der Waals surface area contributed by atoms with Crippen LogP contribution >= 0.6 is 11.6 Å². The molecule has 3 aliphatic rings. The highest BCUT2D eigenvalue weighted by atomic mass is 35.5. The van der Waals surface area contributed by atoms with Crippen LogP contribution in [0.2, 0.25) is 5.02 Å². The first-order valence-electron chi connectivity index (χ1n) is 8.97. The van der Waals surface area contributed by atoms with E-state index in [9.17, 15) is 4.39 Å².